The molecule has 10 heteroatoms. The molecule has 4 heterocycles. The molecule has 0 spiro atoms. The summed E-state index contributed by atoms with van der Waals surface area (Å²) in [6, 6.07) is 5.31. The molecule has 1 fully saturated rings. The van der Waals surface area contributed by atoms with Crippen molar-refractivity contribution in [3.8, 4) is 10.6 Å². The molecule has 0 N–H and O–H groups in total. The average molecular weight is 426 g/mol. The lowest BCUT2D eigenvalue weighted by molar-refractivity contribution is 0.0693. The number of carbonyl (C=O) groups excluding carboxylic acids is 1. The summed E-state index contributed by atoms with van der Waals surface area (Å²) in [6.45, 7) is 1.34. The van der Waals surface area contributed by atoms with Crippen molar-refractivity contribution in [1.82, 2.24) is 14.2 Å². The van der Waals surface area contributed by atoms with Crippen LogP contribution in [0.15, 0.2) is 43.9 Å². The van der Waals surface area contributed by atoms with Gasteiger partial charge < -0.3 is 4.90 Å². The number of thiophene rings is 2. The van der Waals surface area contributed by atoms with Crippen molar-refractivity contribution in [2.24, 2.45) is 0 Å². The first-order chi connectivity index (χ1) is 12.6. The Kier molecular flexibility index (Phi) is 4.93. The summed E-state index contributed by atoms with van der Waals surface area (Å²) in [5.41, 5.74) is 1.44. The van der Waals surface area contributed by atoms with E-state index in [9.17, 15) is 13.2 Å². The Hall–Kier alpha value is -1.59. The largest absolute Gasteiger partial charge is 0.335 e. The Labute approximate surface area is 163 Å². The Morgan fingerprint density at radius 2 is 1.85 bits per heavy atom. The van der Waals surface area contributed by atoms with Crippen LogP contribution in [0.3, 0.4) is 0 Å². The van der Waals surface area contributed by atoms with Gasteiger partial charge in [-0.05, 0) is 22.9 Å². The summed E-state index contributed by atoms with van der Waals surface area (Å²) in [5, 5.41) is 8.32. The second kappa shape index (κ2) is 7.20. The normalized spacial score (nSPS) is 16.1. The first-order valence-corrected chi connectivity index (χ1v) is 12.0. The SMILES string of the molecule is O=C(c1csc(-c2ccsc2)n1)N1CCN(S(=O)(=O)c2cccs2)CC1. The van der Waals surface area contributed by atoms with Crippen LogP contribution in [0, 0.1) is 0 Å². The minimum Gasteiger partial charge on any atom is -0.335 e. The van der Waals surface area contributed by atoms with Gasteiger partial charge in [-0.2, -0.15) is 15.6 Å². The number of carbonyl (C=O) groups is 1. The van der Waals surface area contributed by atoms with Crippen molar-refractivity contribution >= 4 is 49.9 Å². The maximum atomic E-state index is 12.7. The number of rotatable bonds is 4. The number of hydrogen-bond acceptors (Lipinski definition) is 7. The first kappa shape index (κ1) is 17.8. The molecule has 0 aliphatic carbocycles. The zero-order chi connectivity index (χ0) is 18.1. The summed E-state index contributed by atoms with van der Waals surface area (Å²) in [5.74, 6) is -0.143. The predicted molar refractivity (Wildman–Crippen MR) is 104 cm³/mol. The van der Waals surface area contributed by atoms with Crippen molar-refractivity contribution < 1.29 is 13.2 Å². The van der Waals surface area contributed by atoms with Gasteiger partial charge in [0.2, 0.25) is 0 Å². The van der Waals surface area contributed by atoms with Gasteiger partial charge in [-0.25, -0.2) is 13.4 Å². The molecule has 1 amide bonds. The third-order valence-electron chi connectivity index (χ3n) is 4.11. The van der Waals surface area contributed by atoms with Gasteiger partial charge in [0.1, 0.15) is 14.9 Å². The van der Waals surface area contributed by atoms with E-state index in [-0.39, 0.29) is 5.91 Å². The molecule has 3 aromatic heterocycles. The van der Waals surface area contributed by atoms with Crippen LogP contribution in [0.1, 0.15) is 10.5 Å². The van der Waals surface area contributed by atoms with E-state index in [2.05, 4.69) is 4.98 Å². The molecule has 4 rings (SSSR count). The topological polar surface area (TPSA) is 70.6 Å². The minimum absolute atomic E-state index is 0.143. The van der Waals surface area contributed by atoms with Gasteiger partial charge in [0.05, 0.1) is 0 Å². The van der Waals surface area contributed by atoms with E-state index < -0.39 is 10.0 Å². The average Bonchev–Trinajstić information content (AvgIpc) is 3.43. The van der Waals surface area contributed by atoms with E-state index in [1.807, 2.05) is 16.8 Å². The van der Waals surface area contributed by atoms with Crippen molar-refractivity contribution in [3.05, 3.63) is 45.4 Å². The van der Waals surface area contributed by atoms with Gasteiger partial charge in [0.25, 0.3) is 15.9 Å². The molecule has 1 saturated heterocycles. The van der Waals surface area contributed by atoms with Crippen LogP contribution in [-0.2, 0) is 10.0 Å². The standard InChI is InChI=1S/C16H15N3O3S4/c20-16(13-11-25-15(17-13)12-3-9-23-10-12)18-4-6-19(7-5-18)26(21,22)14-2-1-8-24-14/h1-3,8-11H,4-7H2. The molecule has 0 atom stereocenters. The molecule has 1 aliphatic heterocycles. The molecule has 0 unspecified atom stereocenters. The summed E-state index contributed by atoms with van der Waals surface area (Å²) < 4.78 is 26.9. The van der Waals surface area contributed by atoms with Crippen molar-refractivity contribution in [2.45, 2.75) is 4.21 Å². The molecule has 1 aliphatic rings. The van der Waals surface area contributed by atoms with Gasteiger partial charge in [-0.3, -0.25) is 4.79 Å². The van der Waals surface area contributed by atoms with E-state index >= 15 is 0 Å². The van der Waals surface area contributed by atoms with Gasteiger partial charge in [-0.15, -0.1) is 22.7 Å². The fourth-order valence-corrected chi connectivity index (χ4v) is 6.79. The fourth-order valence-electron chi connectivity index (χ4n) is 2.72. The zero-order valence-corrected chi connectivity index (χ0v) is 16.8. The molecule has 3 aromatic rings. The predicted octanol–water partition coefficient (Wildman–Crippen LogP) is 3.08. The van der Waals surface area contributed by atoms with E-state index in [0.29, 0.717) is 36.1 Å². The number of sulfonamides is 1. The molecule has 0 bridgehead atoms. The fraction of sp³-hybridized carbons (Fsp3) is 0.250. The molecule has 0 saturated carbocycles. The first-order valence-electron chi connectivity index (χ1n) is 7.87. The number of piperazine rings is 1. The summed E-state index contributed by atoms with van der Waals surface area (Å²) >= 11 is 4.25. The summed E-state index contributed by atoms with van der Waals surface area (Å²) in [4.78, 5) is 18.8. The summed E-state index contributed by atoms with van der Waals surface area (Å²) in [7, 11) is -3.46. The van der Waals surface area contributed by atoms with E-state index in [1.54, 1.807) is 39.1 Å². The molecule has 6 nitrogen and oxygen atoms in total. The minimum atomic E-state index is -3.46. The van der Waals surface area contributed by atoms with E-state index in [1.165, 1.54) is 27.0 Å². The smallest absolute Gasteiger partial charge is 0.273 e. The lowest BCUT2D eigenvalue weighted by Gasteiger charge is -2.33. The highest BCUT2D eigenvalue weighted by Gasteiger charge is 2.31. The van der Waals surface area contributed by atoms with Crippen LogP contribution in [0.2, 0.25) is 0 Å². The van der Waals surface area contributed by atoms with Crippen molar-refractivity contribution in [2.75, 3.05) is 26.2 Å². The number of hydrogen-bond donors (Lipinski definition) is 0. The Bertz CT molecular complexity index is 986. The van der Waals surface area contributed by atoms with Crippen LogP contribution in [0.5, 0.6) is 0 Å². The Morgan fingerprint density at radius 3 is 2.50 bits per heavy atom. The molecule has 0 aromatic carbocycles. The highest BCUT2D eigenvalue weighted by atomic mass is 32.2. The number of nitrogens with zero attached hydrogens (tertiary/aromatic N) is 3. The van der Waals surface area contributed by atoms with Crippen LogP contribution in [-0.4, -0.2) is 54.7 Å². The highest BCUT2D eigenvalue weighted by Crippen LogP contribution is 2.27. The second-order valence-electron chi connectivity index (χ2n) is 5.68. The third-order valence-corrected chi connectivity index (χ3v) is 8.95. The quantitative estimate of drug-likeness (QED) is 0.644. The molecule has 136 valence electrons. The van der Waals surface area contributed by atoms with Gasteiger partial charge in [-0.1, -0.05) is 6.07 Å². The van der Waals surface area contributed by atoms with Gasteiger partial charge in [0.15, 0.2) is 0 Å². The van der Waals surface area contributed by atoms with E-state index in [4.69, 9.17) is 0 Å². The molecular weight excluding hydrogens is 410 g/mol. The lowest BCUT2D eigenvalue weighted by Crippen LogP contribution is -2.50. The van der Waals surface area contributed by atoms with E-state index in [0.717, 1.165) is 10.6 Å². The Balaban J connectivity index is 1.43. The zero-order valence-electron chi connectivity index (χ0n) is 13.6. The molecular formula is C16H15N3O3S4. The third kappa shape index (κ3) is 3.35. The molecule has 0 radical (unpaired) electrons. The van der Waals surface area contributed by atoms with Crippen LogP contribution in [0.4, 0.5) is 0 Å². The summed E-state index contributed by atoms with van der Waals surface area (Å²) in [6.07, 6.45) is 0. The van der Waals surface area contributed by atoms with Gasteiger partial charge >= 0.3 is 0 Å². The Morgan fingerprint density at radius 1 is 1.04 bits per heavy atom. The molecule has 26 heavy (non-hydrogen) atoms. The maximum Gasteiger partial charge on any atom is 0.273 e. The maximum absolute atomic E-state index is 12.7. The monoisotopic (exact) mass is 425 g/mol. The number of amides is 1. The van der Waals surface area contributed by atoms with Crippen LogP contribution < -0.4 is 0 Å². The number of aromatic nitrogens is 1. The second-order valence-corrected chi connectivity index (χ2v) is 10.4. The van der Waals surface area contributed by atoms with Crippen molar-refractivity contribution in [1.29, 1.82) is 0 Å². The highest BCUT2D eigenvalue weighted by molar-refractivity contribution is 7.91. The van der Waals surface area contributed by atoms with Crippen LogP contribution >= 0.6 is 34.0 Å². The lowest BCUT2D eigenvalue weighted by atomic mass is 10.3. The van der Waals surface area contributed by atoms with Crippen LogP contribution in [0.25, 0.3) is 10.6 Å². The van der Waals surface area contributed by atoms with Gasteiger partial charge in [0, 0.05) is 42.5 Å². The van der Waals surface area contributed by atoms with Crippen molar-refractivity contribution in [3.63, 3.8) is 0 Å². The number of thiazole rings is 1.